The number of carbonyl (C=O) groups excluding carboxylic acids is 1. The number of carbonyl (C=O) groups is 1. The maximum Gasteiger partial charge on any atom is 0.251 e. The van der Waals surface area contributed by atoms with Gasteiger partial charge in [0.1, 0.15) is 12.4 Å². The molecule has 3 rings (SSSR count). The number of benzene rings is 2. The van der Waals surface area contributed by atoms with Crippen molar-refractivity contribution >= 4 is 15.9 Å². The molecule has 2 aromatic rings. The Labute approximate surface area is 172 Å². The van der Waals surface area contributed by atoms with Crippen molar-refractivity contribution in [3.8, 4) is 5.75 Å². The van der Waals surface area contributed by atoms with Gasteiger partial charge in [-0.1, -0.05) is 6.07 Å². The first-order chi connectivity index (χ1) is 13.8. The molecule has 1 saturated heterocycles. The minimum Gasteiger partial charge on any atom is -0.491 e. The van der Waals surface area contributed by atoms with Crippen molar-refractivity contribution < 1.29 is 17.9 Å². The van der Waals surface area contributed by atoms with E-state index >= 15 is 0 Å². The van der Waals surface area contributed by atoms with Crippen LogP contribution < -0.4 is 10.1 Å². The van der Waals surface area contributed by atoms with E-state index < -0.39 is 10.0 Å². The largest absolute Gasteiger partial charge is 0.491 e. The molecule has 156 valence electrons. The van der Waals surface area contributed by atoms with Crippen LogP contribution in [0.15, 0.2) is 47.4 Å². The Hall–Kier alpha value is -2.38. The highest BCUT2D eigenvalue weighted by molar-refractivity contribution is 7.89. The first-order valence-electron chi connectivity index (χ1n) is 9.88. The van der Waals surface area contributed by atoms with E-state index in [2.05, 4.69) is 5.32 Å². The van der Waals surface area contributed by atoms with Gasteiger partial charge in [0.25, 0.3) is 5.91 Å². The number of amides is 1. The Morgan fingerprint density at radius 3 is 2.34 bits per heavy atom. The first-order valence-corrected chi connectivity index (χ1v) is 11.3. The quantitative estimate of drug-likeness (QED) is 0.752. The zero-order valence-electron chi connectivity index (χ0n) is 17.1. The second-order valence-electron chi connectivity index (χ2n) is 7.57. The van der Waals surface area contributed by atoms with Crippen LogP contribution >= 0.6 is 0 Å². The van der Waals surface area contributed by atoms with Gasteiger partial charge in [-0.25, -0.2) is 8.42 Å². The van der Waals surface area contributed by atoms with E-state index in [1.165, 1.54) is 22.0 Å². The van der Waals surface area contributed by atoms with E-state index in [0.29, 0.717) is 25.3 Å². The van der Waals surface area contributed by atoms with Gasteiger partial charge in [0.15, 0.2) is 0 Å². The van der Waals surface area contributed by atoms with E-state index in [9.17, 15) is 13.2 Å². The molecule has 6 nitrogen and oxygen atoms in total. The fourth-order valence-electron chi connectivity index (χ4n) is 3.23. The first kappa shape index (κ1) is 21.3. The minimum atomic E-state index is -3.47. The van der Waals surface area contributed by atoms with Gasteiger partial charge >= 0.3 is 0 Å². The molecule has 1 heterocycles. The molecule has 0 saturated carbocycles. The number of hydrogen-bond acceptors (Lipinski definition) is 4. The molecule has 0 radical (unpaired) electrons. The summed E-state index contributed by atoms with van der Waals surface area (Å²) in [6, 6.07) is 11.8. The molecule has 2 aromatic carbocycles. The molecular formula is C22H28N2O4S. The maximum absolute atomic E-state index is 12.6. The third kappa shape index (κ3) is 5.16. The lowest BCUT2D eigenvalue weighted by atomic mass is 10.1. The number of ether oxygens (including phenoxy) is 1. The standard InChI is InChI=1S/C22H28N2O4S/c1-16-6-9-20(14-17(16)2)28-15-18(3)23-22(25)19-7-10-21(11-8-19)29(26,27)24-12-4-5-13-24/h6-11,14,18H,4-5,12-13,15H2,1-3H3,(H,23,25). The number of rotatable bonds is 7. The summed E-state index contributed by atoms with van der Waals surface area (Å²) in [5.74, 6) is 0.511. The predicted molar refractivity (Wildman–Crippen MR) is 113 cm³/mol. The van der Waals surface area contributed by atoms with Crippen LogP contribution in [0.4, 0.5) is 0 Å². The van der Waals surface area contributed by atoms with Gasteiger partial charge in [-0.3, -0.25) is 4.79 Å². The third-order valence-electron chi connectivity index (χ3n) is 5.18. The van der Waals surface area contributed by atoms with Crippen LogP contribution in [0.25, 0.3) is 0 Å². The van der Waals surface area contributed by atoms with E-state index in [1.807, 2.05) is 39.0 Å². The van der Waals surface area contributed by atoms with Crippen molar-refractivity contribution in [2.45, 2.75) is 44.6 Å². The smallest absolute Gasteiger partial charge is 0.251 e. The number of nitrogens with one attached hydrogen (secondary N) is 1. The van der Waals surface area contributed by atoms with E-state index in [4.69, 9.17) is 4.74 Å². The fraction of sp³-hybridized carbons (Fsp3) is 0.409. The second kappa shape index (κ2) is 8.97. The van der Waals surface area contributed by atoms with Crippen LogP contribution in [0.3, 0.4) is 0 Å². The monoisotopic (exact) mass is 416 g/mol. The lowest BCUT2D eigenvalue weighted by Crippen LogP contribution is -2.36. The summed E-state index contributed by atoms with van der Waals surface area (Å²) in [5, 5.41) is 2.88. The van der Waals surface area contributed by atoms with Crippen LogP contribution in [-0.2, 0) is 10.0 Å². The van der Waals surface area contributed by atoms with Gasteiger partial charge in [0.2, 0.25) is 10.0 Å². The molecule has 1 unspecified atom stereocenters. The van der Waals surface area contributed by atoms with Crippen molar-refractivity contribution in [3.05, 3.63) is 59.2 Å². The molecule has 1 amide bonds. The molecule has 1 N–H and O–H groups in total. The zero-order chi connectivity index (χ0) is 21.0. The van der Waals surface area contributed by atoms with Gasteiger partial charge in [-0.15, -0.1) is 0 Å². The molecule has 1 atom stereocenters. The molecule has 0 bridgehead atoms. The Kier molecular flexibility index (Phi) is 6.59. The number of sulfonamides is 1. The summed E-state index contributed by atoms with van der Waals surface area (Å²) in [5.41, 5.74) is 2.78. The van der Waals surface area contributed by atoms with Gasteiger partial charge in [0.05, 0.1) is 10.9 Å². The maximum atomic E-state index is 12.6. The lowest BCUT2D eigenvalue weighted by Gasteiger charge is -2.17. The summed E-state index contributed by atoms with van der Waals surface area (Å²) in [7, 11) is -3.47. The van der Waals surface area contributed by atoms with Gasteiger partial charge < -0.3 is 10.1 Å². The van der Waals surface area contributed by atoms with Crippen LogP contribution in [0.2, 0.25) is 0 Å². The number of hydrogen-bond donors (Lipinski definition) is 1. The highest BCUT2D eigenvalue weighted by Crippen LogP contribution is 2.21. The topological polar surface area (TPSA) is 75.7 Å². The second-order valence-corrected chi connectivity index (χ2v) is 9.51. The summed E-state index contributed by atoms with van der Waals surface area (Å²) in [6.45, 7) is 7.40. The Balaban J connectivity index is 1.56. The summed E-state index contributed by atoms with van der Waals surface area (Å²) in [4.78, 5) is 12.7. The summed E-state index contributed by atoms with van der Waals surface area (Å²) >= 11 is 0. The number of nitrogens with zero attached hydrogens (tertiary/aromatic N) is 1. The predicted octanol–water partition coefficient (Wildman–Crippen LogP) is 3.29. The highest BCUT2D eigenvalue weighted by atomic mass is 32.2. The third-order valence-corrected chi connectivity index (χ3v) is 7.09. The Morgan fingerprint density at radius 1 is 1.07 bits per heavy atom. The number of aryl methyl sites for hydroxylation is 2. The average Bonchev–Trinajstić information content (AvgIpc) is 3.25. The zero-order valence-corrected chi connectivity index (χ0v) is 18.0. The van der Waals surface area contributed by atoms with Crippen molar-refractivity contribution in [1.82, 2.24) is 9.62 Å². The molecule has 29 heavy (non-hydrogen) atoms. The molecule has 1 aliphatic rings. The normalized spacial score (nSPS) is 15.8. The minimum absolute atomic E-state index is 0.197. The highest BCUT2D eigenvalue weighted by Gasteiger charge is 2.27. The summed E-state index contributed by atoms with van der Waals surface area (Å²) in [6.07, 6.45) is 1.78. The molecule has 7 heteroatoms. The van der Waals surface area contributed by atoms with Crippen molar-refractivity contribution in [1.29, 1.82) is 0 Å². The van der Waals surface area contributed by atoms with E-state index in [1.54, 1.807) is 12.1 Å². The average molecular weight is 417 g/mol. The van der Waals surface area contributed by atoms with Crippen molar-refractivity contribution in [2.24, 2.45) is 0 Å². The molecule has 1 fully saturated rings. The lowest BCUT2D eigenvalue weighted by molar-refractivity contribution is 0.0926. The van der Waals surface area contributed by atoms with E-state index in [-0.39, 0.29) is 16.8 Å². The SMILES string of the molecule is Cc1ccc(OCC(C)NC(=O)c2ccc(S(=O)(=O)N3CCCC3)cc2)cc1C. The molecule has 0 aliphatic carbocycles. The van der Waals surface area contributed by atoms with Gasteiger partial charge in [-0.05, 0) is 81.1 Å². The summed E-state index contributed by atoms with van der Waals surface area (Å²) < 4.78 is 32.4. The fourth-order valence-corrected chi connectivity index (χ4v) is 4.75. The van der Waals surface area contributed by atoms with Crippen molar-refractivity contribution in [3.63, 3.8) is 0 Å². The van der Waals surface area contributed by atoms with Crippen LogP contribution in [0.1, 0.15) is 41.3 Å². The molecule has 1 aliphatic heterocycles. The van der Waals surface area contributed by atoms with Crippen molar-refractivity contribution in [2.75, 3.05) is 19.7 Å². The van der Waals surface area contributed by atoms with Crippen LogP contribution in [0.5, 0.6) is 5.75 Å². The van der Waals surface area contributed by atoms with Crippen LogP contribution in [-0.4, -0.2) is 44.4 Å². The van der Waals surface area contributed by atoms with E-state index in [0.717, 1.165) is 24.2 Å². The van der Waals surface area contributed by atoms with Gasteiger partial charge in [-0.2, -0.15) is 4.31 Å². The Bertz CT molecular complexity index is 965. The Morgan fingerprint density at radius 2 is 1.72 bits per heavy atom. The molecular weight excluding hydrogens is 388 g/mol. The molecule has 0 aromatic heterocycles. The van der Waals surface area contributed by atoms with Crippen LogP contribution in [0, 0.1) is 13.8 Å². The molecule has 0 spiro atoms. The van der Waals surface area contributed by atoms with Gasteiger partial charge in [0, 0.05) is 18.7 Å².